The average molecular weight is 484 g/mol. The molecule has 11 heteroatoms. The van der Waals surface area contributed by atoms with Gasteiger partial charge in [-0.3, -0.25) is 0 Å². The SMILES string of the molecule is COc1cc2ncnc(Nc3c(Cl)cc(C#CCNC(=O)N(C)C)c4c3OCO4)c2cc1OC. The molecule has 176 valence electrons. The van der Waals surface area contributed by atoms with Crippen LogP contribution >= 0.6 is 11.6 Å². The summed E-state index contributed by atoms with van der Waals surface area (Å²) in [6, 6.07) is 4.98. The Hall–Kier alpha value is -4.10. The molecule has 3 aromatic rings. The third-order valence-electron chi connectivity index (χ3n) is 4.94. The van der Waals surface area contributed by atoms with E-state index in [4.69, 9.17) is 30.5 Å². The first-order valence-corrected chi connectivity index (χ1v) is 10.5. The molecule has 0 saturated carbocycles. The van der Waals surface area contributed by atoms with Crippen LogP contribution in [-0.4, -0.2) is 62.6 Å². The van der Waals surface area contributed by atoms with Gasteiger partial charge in [0.1, 0.15) is 17.8 Å². The van der Waals surface area contributed by atoms with E-state index in [2.05, 4.69) is 32.4 Å². The zero-order chi connectivity index (χ0) is 24.2. The van der Waals surface area contributed by atoms with Crippen LogP contribution in [-0.2, 0) is 0 Å². The van der Waals surface area contributed by atoms with Crippen LogP contribution in [0.25, 0.3) is 10.9 Å². The molecule has 0 bridgehead atoms. The summed E-state index contributed by atoms with van der Waals surface area (Å²) in [5.74, 6) is 8.33. The number of methoxy groups -OCH3 is 2. The maximum Gasteiger partial charge on any atom is 0.317 e. The number of nitrogens with zero attached hydrogens (tertiary/aromatic N) is 3. The Morgan fingerprint density at radius 1 is 1.15 bits per heavy atom. The first-order chi connectivity index (χ1) is 16.4. The van der Waals surface area contributed by atoms with Gasteiger partial charge in [0.05, 0.1) is 36.9 Å². The van der Waals surface area contributed by atoms with E-state index in [9.17, 15) is 4.79 Å². The number of halogens is 1. The lowest BCUT2D eigenvalue weighted by Crippen LogP contribution is -2.34. The van der Waals surface area contributed by atoms with E-state index in [1.54, 1.807) is 46.5 Å². The van der Waals surface area contributed by atoms with E-state index in [0.717, 1.165) is 0 Å². The molecular formula is C23H22ClN5O5. The topological polar surface area (TPSA) is 107 Å². The van der Waals surface area contributed by atoms with E-state index < -0.39 is 0 Å². The van der Waals surface area contributed by atoms with Crippen LogP contribution in [0.15, 0.2) is 24.5 Å². The van der Waals surface area contributed by atoms with Crippen molar-refractivity contribution in [2.75, 3.05) is 47.0 Å². The number of ether oxygens (including phenoxy) is 4. The van der Waals surface area contributed by atoms with E-state index >= 15 is 0 Å². The van der Waals surface area contributed by atoms with E-state index in [1.165, 1.54) is 11.2 Å². The second-order valence-electron chi connectivity index (χ2n) is 7.27. The van der Waals surface area contributed by atoms with Crippen molar-refractivity contribution in [3.8, 4) is 34.8 Å². The normalized spacial score (nSPS) is 11.4. The molecule has 2 amide bonds. The molecular weight excluding hydrogens is 462 g/mol. The van der Waals surface area contributed by atoms with Gasteiger partial charge in [0.25, 0.3) is 0 Å². The molecule has 4 rings (SSSR count). The molecule has 0 atom stereocenters. The van der Waals surface area contributed by atoms with Crippen molar-refractivity contribution in [2.45, 2.75) is 0 Å². The van der Waals surface area contributed by atoms with Gasteiger partial charge in [0.2, 0.25) is 6.79 Å². The highest BCUT2D eigenvalue weighted by molar-refractivity contribution is 6.34. The number of fused-ring (bicyclic) bond motifs is 2. The van der Waals surface area contributed by atoms with Gasteiger partial charge in [0, 0.05) is 25.5 Å². The number of urea groups is 1. The summed E-state index contributed by atoms with van der Waals surface area (Å²) in [7, 11) is 6.42. The van der Waals surface area contributed by atoms with Gasteiger partial charge in [-0.25, -0.2) is 14.8 Å². The van der Waals surface area contributed by atoms with Crippen LogP contribution in [0.4, 0.5) is 16.3 Å². The van der Waals surface area contributed by atoms with Gasteiger partial charge in [-0.15, -0.1) is 0 Å². The summed E-state index contributed by atoms with van der Waals surface area (Å²) >= 11 is 6.59. The minimum Gasteiger partial charge on any atom is -0.493 e. The highest BCUT2D eigenvalue weighted by Crippen LogP contribution is 2.47. The van der Waals surface area contributed by atoms with Crippen LogP contribution in [0.2, 0.25) is 5.02 Å². The van der Waals surface area contributed by atoms with E-state index in [-0.39, 0.29) is 19.4 Å². The van der Waals surface area contributed by atoms with E-state index in [0.29, 0.717) is 56.0 Å². The molecule has 0 fully saturated rings. The lowest BCUT2D eigenvalue weighted by atomic mass is 10.1. The minimum atomic E-state index is -0.233. The van der Waals surface area contributed by atoms with Gasteiger partial charge < -0.3 is 34.5 Å². The smallest absolute Gasteiger partial charge is 0.317 e. The lowest BCUT2D eigenvalue weighted by Gasteiger charge is -2.14. The molecule has 0 radical (unpaired) electrons. The Labute approximate surface area is 201 Å². The molecule has 2 heterocycles. The highest BCUT2D eigenvalue weighted by atomic mass is 35.5. The second-order valence-corrected chi connectivity index (χ2v) is 7.68. The molecule has 1 aliphatic heterocycles. The highest BCUT2D eigenvalue weighted by Gasteiger charge is 2.25. The molecule has 0 saturated heterocycles. The molecule has 0 spiro atoms. The van der Waals surface area contributed by atoms with Crippen molar-refractivity contribution in [2.24, 2.45) is 0 Å². The molecule has 1 aromatic heterocycles. The molecule has 10 nitrogen and oxygen atoms in total. The number of nitrogens with one attached hydrogen (secondary N) is 2. The number of amides is 2. The number of carbonyl (C=O) groups excluding carboxylic acids is 1. The molecule has 0 aliphatic carbocycles. The van der Waals surface area contributed by atoms with Crippen molar-refractivity contribution in [3.63, 3.8) is 0 Å². The Kier molecular flexibility index (Phi) is 6.65. The molecule has 34 heavy (non-hydrogen) atoms. The fourth-order valence-electron chi connectivity index (χ4n) is 3.26. The number of anilines is 2. The molecule has 2 N–H and O–H groups in total. The molecule has 1 aliphatic rings. The van der Waals surface area contributed by atoms with E-state index in [1.807, 2.05) is 0 Å². The summed E-state index contributed by atoms with van der Waals surface area (Å²) < 4.78 is 22.1. The van der Waals surface area contributed by atoms with Gasteiger partial charge in [-0.05, 0) is 12.1 Å². The standard InChI is InChI=1S/C23H22ClN5O5/c1-29(2)23(30)25-7-5-6-13-8-15(24)19(21-20(13)33-12-34-21)28-22-14-9-17(31-3)18(32-4)10-16(14)26-11-27-22/h8-11H,7,12H2,1-4H3,(H,25,30)(H,26,27,28). The van der Waals surface area contributed by atoms with Crippen molar-refractivity contribution < 1.29 is 23.7 Å². The van der Waals surface area contributed by atoms with Gasteiger partial charge in [-0.1, -0.05) is 23.4 Å². The Morgan fingerprint density at radius 3 is 2.62 bits per heavy atom. The fraction of sp³-hybridized carbons (Fsp3) is 0.261. The molecule has 2 aromatic carbocycles. The van der Waals surface area contributed by atoms with Crippen LogP contribution in [0.1, 0.15) is 5.56 Å². The monoisotopic (exact) mass is 483 g/mol. The third kappa shape index (κ3) is 4.51. The fourth-order valence-corrected chi connectivity index (χ4v) is 3.51. The number of rotatable bonds is 5. The van der Waals surface area contributed by atoms with Gasteiger partial charge in [0.15, 0.2) is 23.0 Å². The predicted molar refractivity (Wildman–Crippen MR) is 127 cm³/mol. The van der Waals surface area contributed by atoms with Crippen molar-refractivity contribution >= 4 is 40.0 Å². The number of hydrogen-bond acceptors (Lipinski definition) is 8. The molecule has 0 unspecified atom stereocenters. The zero-order valence-electron chi connectivity index (χ0n) is 19.0. The van der Waals surface area contributed by atoms with Gasteiger partial charge in [-0.2, -0.15) is 0 Å². The Bertz CT molecular complexity index is 1320. The van der Waals surface area contributed by atoms with Crippen molar-refractivity contribution in [3.05, 3.63) is 35.1 Å². The third-order valence-corrected chi connectivity index (χ3v) is 5.23. The zero-order valence-corrected chi connectivity index (χ0v) is 19.7. The summed E-state index contributed by atoms with van der Waals surface area (Å²) in [6.45, 7) is 0.189. The van der Waals surface area contributed by atoms with Crippen LogP contribution in [0.5, 0.6) is 23.0 Å². The van der Waals surface area contributed by atoms with Crippen LogP contribution in [0.3, 0.4) is 0 Å². The minimum absolute atomic E-state index is 0.0198. The van der Waals surface area contributed by atoms with Crippen LogP contribution < -0.4 is 29.6 Å². The number of aromatic nitrogens is 2. The lowest BCUT2D eigenvalue weighted by molar-refractivity contribution is 0.174. The Morgan fingerprint density at radius 2 is 1.88 bits per heavy atom. The maximum atomic E-state index is 11.6. The largest absolute Gasteiger partial charge is 0.493 e. The predicted octanol–water partition coefficient (Wildman–Crippen LogP) is 3.40. The summed E-state index contributed by atoms with van der Waals surface area (Å²) in [4.78, 5) is 21.7. The first kappa shape index (κ1) is 23.1. The maximum absolute atomic E-state index is 11.6. The summed E-state index contributed by atoms with van der Waals surface area (Å²) in [5, 5.41) is 6.96. The Balaban J connectivity index is 1.68. The average Bonchev–Trinajstić information content (AvgIpc) is 3.33. The first-order valence-electron chi connectivity index (χ1n) is 10.1. The number of benzene rings is 2. The van der Waals surface area contributed by atoms with Crippen molar-refractivity contribution in [1.82, 2.24) is 20.2 Å². The number of hydrogen-bond donors (Lipinski definition) is 2. The van der Waals surface area contributed by atoms with Crippen LogP contribution in [0, 0.1) is 11.8 Å². The van der Waals surface area contributed by atoms with Crippen molar-refractivity contribution in [1.29, 1.82) is 0 Å². The number of carbonyl (C=O) groups is 1. The summed E-state index contributed by atoms with van der Waals surface area (Å²) in [5.41, 5.74) is 1.68. The second kappa shape index (κ2) is 9.80. The summed E-state index contributed by atoms with van der Waals surface area (Å²) in [6.07, 6.45) is 1.43. The van der Waals surface area contributed by atoms with Gasteiger partial charge >= 0.3 is 6.03 Å². The quantitative estimate of drug-likeness (QED) is 0.532.